The molecule has 0 saturated heterocycles. The van der Waals surface area contributed by atoms with E-state index in [1.54, 1.807) is 13.8 Å². The summed E-state index contributed by atoms with van der Waals surface area (Å²) in [5.74, 6) is 0. The molecule has 0 heterocycles. The van der Waals surface area contributed by atoms with E-state index < -0.39 is 12.1 Å². The molecule has 0 spiro atoms. The zero-order chi connectivity index (χ0) is 6.57. The third kappa shape index (κ3) is 1.77. The van der Waals surface area contributed by atoms with Crippen molar-refractivity contribution in [1.82, 2.24) is 0 Å². The molecular weight excluding hydrogens is 108 g/mol. The van der Waals surface area contributed by atoms with Gasteiger partial charge < -0.3 is 0 Å². The van der Waals surface area contributed by atoms with Crippen molar-refractivity contribution in [3.63, 3.8) is 0 Å². The van der Waals surface area contributed by atoms with Crippen LogP contribution in [0.15, 0.2) is 10.4 Å². The number of nitrogens with zero attached hydrogens (tertiary/aromatic N) is 2. The summed E-state index contributed by atoms with van der Waals surface area (Å²) in [5, 5.41) is 5.23. The van der Waals surface area contributed by atoms with Gasteiger partial charge >= 0.3 is 0 Å². The Labute approximate surface area is 47.2 Å². The van der Waals surface area contributed by atoms with E-state index in [0.717, 1.165) is 0 Å². The van der Waals surface area contributed by atoms with Crippen LogP contribution in [0.25, 0.3) is 0 Å². The van der Waals surface area contributed by atoms with Crippen LogP contribution in [0, 0.1) is 9.81 Å². The molecule has 0 N–H and O–H groups in total. The van der Waals surface area contributed by atoms with Gasteiger partial charge in [0.1, 0.15) is 12.1 Å². The van der Waals surface area contributed by atoms with Crippen molar-refractivity contribution in [2.24, 2.45) is 10.4 Å². The van der Waals surface area contributed by atoms with Crippen molar-refractivity contribution in [3.8, 4) is 0 Å². The van der Waals surface area contributed by atoms with E-state index in [4.69, 9.17) is 0 Å². The van der Waals surface area contributed by atoms with Gasteiger partial charge in [0, 0.05) is 0 Å². The van der Waals surface area contributed by atoms with Crippen molar-refractivity contribution in [1.29, 1.82) is 0 Å². The highest BCUT2D eigenvalue weighted by Gasteiger charge is 2.10. The molecule has 4 heteroatoms. The van der Waals surface area contributed by atoms with E-state index in [1.807, 2.05) is 0 Å². The Kier molecular flexibility index (Phi) is 2.91. The van der Waals surface area contributed by atoms with Crippen LogP contribution in [0.2, 0.25) is 0 Å². The first-order chi connectivity index (χ1) is 3.72. The van der Waals surface area contributed by atoms with Gasteiger partial charge in [0.05, 0.1) is 0 Å². The fourth-order valence-corrected chi connectivity index (χ4v) is 0.176. The second kappa shape index (κ2) is 3.23. The first-order valence-corrected chi connectivity index (χ1v) is 2.37. The summed E-state index contributed by atoms with van der Waals surface area (Å²) in [5.41, 5.74) is 0. The Morgan fingerprint density at radius 1 is 1.00 bits per heavy atom. The summed E-state index contributed by atoms with van der Waals surface area (Å²) in [6, 6.07) is -0.986. The number of hydrogen-bond donors (Lipinski definition) is 0. The zero-order valence-corrected chi connectivity index (χ0v) is 4.87. The van der Waals surface area contributed by atoms with Crippen LogP contribution in [-0.2, 0) is 0 Å². The summed E-state index contributed by atoms with van der Waals surface area (Å²) in [6.45, 7) is 3.11. The topological polar surface area (TPSA) is 58.9 Å². The molecule has 0 aliphatic carbocycles. The third-order valence-electron chi connectivity index (χ3n) is 1.03. The molecular formula is C4H8N2O2. The Bertz CT molecular complexity index is 82.0. The second-order valence-corrected chi connectivity index (χ2v) is 1.69. The molecule has 0 aromatic heterocycles. The van der Waals surface area contributed by atoms with Crippen LogP contribution in [-0.4, -0.2) is 12.1 Å². The highest BCUT2D eigenvalue weighted by Crippen LogP contribution is 1.99. The van der Waals surface area contributed by atoms with Crippen molar-refractivity contribution in [2.75, 3.05) is 0 Å². The van der Waals surface area contributed by atoms with Crippen LogP contribution >= 0.6 is 0 Å². The van der Waals surface area contributed by atoms with Crippen molar-refractivity contribution in [3.05, 3.63) is 9.81 Å². The fraction of sp³-hybridized carbons (Fsp3) is 1.00. The van der Waals surface area contributed by atoms with Gasteiger partial charge in [-0.15, -0.1) is 0 Å². The molecule has 8 heavy (non-hydrogen) atoms. The van der Waals surface area contributed by atoms with Gasteiger partial charge in [0.25, 0.3) is 0 Å². The molecule has 0 bridgehead atoms. The van der Waals surface area contributed by atoms with Gasteiger partial charge in [0.15, 0.2) is 0 Å². The van der Waals surface area contributed by atoms with Gasteiger partial charge in [-0.1, -0.05) is 10.4 Å². The fourth-order valence-electron chi connectivity index (χ4n) is 0.176. The van der Waals surface area contributed by atoms with E-state index in [-0.39, 0.29) is 0 Å². The average Bonchev–Trinajstić information content (AvgIpc) is 1.84. The maximum absolute atomic E-state index is 9.66. The van der Waals surface area contributed by atoms with E-state index in [1.165, 1.54) is 0 Å². The lowest BCUT2D eigenvalue weighted by molar-refractivity contribution is 0.600. The average molecular weight is 116 g/mol. The van der Waals surface area contributed by atoms with Gasteiger partial charge in [-0.2, -0.15) is 9.81 Å². The molecule has 2 unspecified atom stereocenters. The van der Waals surface area contributed by atoms with E-state index in [9.17, 15) is 9.81 Å². The van der Waals surface area contributed by atoms with Gasteiger partial charge in [0.2, 0.25) is 0 Å². The van der Waals surface area contributed by atoms with Gasteiger partial charge in [-0.25, -0.2) is 0 Å². The van der Waals surface area contributed by atoms with Crippen LogP contribution in [0.1, 0.15) is 13.8 Å². The van der Waals surface area contributed by atoms with Gasteiger partial charge in [-0.3, -0.25) is 0 Å². The molecule has 0 aliphatic heterocycles. The predicted octanol–water partition coefficient (Wildman–Crippen LogP) is 1.30. The molecule has 0 amide bonds. The van der Waals surface area contributed by atoms with Crippen LogP contribution < -0.4 is 0 Å². The molecule has 0 radical (unpaired) electrons. The lowest BCUT2D eigenvalue weighted by Gasteiger charge is -2.00. The quantitative estimate of drug-likeness (QED) is 0.521. The molecule has 0 aliphatic rings. The minimum absolute atomic E-state index is 0.493. The van der Waals surface area contributed by atoms with E-state index in [0.29, 0.717) is 0 Å². The minimum Gasteiger partial charge on any atom is -0.150 e. The molecule has 0 rings (SSSR count). The number of nitroso groups, excluding NO2 is 2. The largest absolute Gasteiger partial charge is 0.150 e. The lowest BCUT2D eigenvalue weighted by Crippen LogP contribution is -2.13. The third-order valence-corrected chi connectivity index (χ3v) is 1.03. The van der Waals surface area contributed by atoms with Gasteiger partial charge in [-0.05, 0) is 13.8 Å². The highest BCUT2D eigenvalue weighted by atomic mass is 16.3. The van der Waals surface area contributed by atoms with Crippen LogP contribution in [0.5, 0.6) is 0 Å². The normalized spacial score (nSPS) is 16.8. The molecule has 46 valence electrons. The maximum Gasteiger partial charge on any atom is 0.115 e. The first-order valence-electron chi connectivity index (χ1n) is 2.37. The molecule has 4 nitrogen and oxygen atoms in total. The van der Waals surface area contributed by atoms with Crippen molar-refractivity contribution < 1.29 is 0 Å². The summed E-state index contributed by atoms with van der Waals surface area (Å²) in [4.78, 5) is 19.3. The summed E-state index contributed by atoms with van der Waals surface area (Å²) in [7, 11) is 0. The number of rotatable bonds is 3. The summed E-state index contributed by atoms with van der Waals surface area (Å²) < 4.78 is 0. The smallest absolute Gasteiger partial charge is 0.115 e. The van der Waals surface area contributed by atoms with Crippen molar-refractivity contribution in [2.45, 2.75) is 25.9 Å². The second-order valence-electron chi connectivity index (χ2n) is 1.69. The molecule has 0 fully saturated rings. The Morgan fingerprint density at radius 2 is 1.25 bits per heavy atom. The zero-order valence-electron chi connectivity index (χ0n) is 4.87. The lowest BCUT2D eigenvalue weighted by atomic mass is 10.2. The monoisotopic (exact) mass is 116 g/mol. The highest BCUT2D eigenvalue weighted by molar-refractivity contribution is 4.71. The summed E-state index contributed by atoms with van der Waals surface area (Å²) in [6.07, 6.45) is 0. The van der Waals surface area contributed by atoms with E-state index in [2.05, 4.69) is 10.4 Å². The van der Waals surface area contributed by atoms with E-state index >= 15 is 0 Å². The SMILES string of the molecule is CC(N=O)C(C)N=O. The summed E-state index contributed by atoms with van der Waals surface area (Å²) >= 11 is 0. The minimum atomic E-state index is -0.493. The maximum atomic E-state index is 9.66. The standard InChI is InChI=1S/C4H8N2O2/c1-3(5-7)4(2)6-8/h3-4H,1-2H3. The Morgan fingerprint density at radius 3 is 1.38 bits per heavy atom. The molecule has 0 aromatic rings. The van der Waals surface area contributed by atoms with Crippen molar-refractivity contribution >= 4 is 0 Å². The Balaban J connectivity index is 3.60. The van der Waals surface area contributed by atoms with Crippen LogP contribution in [0.3, 0.4) is 0 Å². The molecule has 2 atom stereocenters. The Hall–Kier alpha value is -0.800. The van der Waals surface area contributed by atoms with Crippen LogP contribution in [0.4, 0.5) is 0 Å². The predicted molar refractivity (Wildman–Crippen MR) is 30.5 cm³/mol. The molecule has 0 saturated carbocycles. The first kappa shape index (κ1) is 7.20. The number of hydrogen-bond acceptors (Lipinski definition) is 4. The molecule has 0 aromatic carbocycles.